The summed E-state index contributed by atoms with van der Waals surface area (Å²) in [5.74, 6) is 5.68. The smallest absolute Gasteiger partial charge is 0.218 e. The third-order valence-electron chi connectivity index (χ3n) is 2.19. The molecule has 5 nitrogen and oxygen atoms in total. The normalized spacial score (nSPS) is 25.2. The van der Waals surface area contributed by atoms with Gasteiger partial charge < -0.3 is 5.11 Å². The molecule has 0 radical (unpaired) electrons. The number of hydrazone groups is 1. The van der Waals surface area contributed by atoms with Crippen LogP contribution in [0.4, 0.5) is 0 Å². The number of thiocarbonyl (C=S) groups is 1. The van der Waals surface area contributed by atoms with Crippen molar-refractivity contribution in [2.45, 2.75) is 5.72 Å². The Bertz CT molecular complexity index is 408. The van der Waals surface area contributed by atoms with Gasteiger partial charge in [0, 0.05) is 5.56 Å². The number of rotatable bonds is 1. The fourth-order valence-electron chi connectivity index (χ4n) is 1.35. The first-order chi connectivity index (χ1) is 7.14. The average Bonchev–Trinajstić information content (AvgIpc) is 2.27. The zero-order chi connectivity index (χ0) is 10.9. The van der Waals surface area contributed by atoms with Gasteiger partial charge in [-0.05, 0) is 12.2 Å². The van der Waals surface area contributed by atoms with Gasteiger partial charge in [-0.25, -0.2) is 10.9 Å². The minimum atomic E-state index is -1.48. The Morgan fingerprint density at radius 2 is 2.07 bits per heavy atom. The molecule has 0 aliphatic carbocycles. The van der Waals surface area contributed by atoms with Crippen molar-refractivity contribution < 1.29 is 5.11 Å². The predicted octanol–water partition coefficient (Wildman–Crippen LogP) is -0.119. The van der Waals surface area contributed by atoms with E-state index >= 15 is 0 Å². The van der Waals surface area contributed by atoms with Crippen LogP contribution in [0.25, 0.3) is 0 Å². The van der Waals surface area contributed by atoms with Crippen LogP contribution in [-0.4, -0.2) is 21.4 Å². The lowest BCUT2D eigenvalue weighted by Gasteiger charge is -2.37. The molecule has 0 aromatic heterocycles. The largest absolute Gasteiger partial charge is 0.361 e. The standard InChI is InChI=1S/C9H10N4OS/c10-13-8(15)12-11-6-9(13,14)7-4-2-1-3-5-7/h1-6,14H,10H2,(H,12,15). The Kier molecular flexibility index (Phi) is 2.39. The monoisotopic (exact) mass is 222 g/mol. The lowest BCUT2D eigenvalue weighted by molar-refractivity contribution is -0.0109. The number of nitrogens with two attached hydrogens (primary N) is 1. The van der Waals surface area contributed by atoms with Gasteiger partial charge in [-0.3, -0.25) is 5.43 Å². The van der Waals surface area contributed by atoms with Gasteiger partial charge in [0.2, 0.25) is 10.8 Å². The molecule has 1 aromatic rings. The van der Waals surface area contributed by atoms with E-state index in [0.29, 0.717) is 5.56 Å². The maximum atomic E-state index is 10.3. The lowest BCUT2D eigenvalue weighted by Crippen LogP contribution is -2.60. The van der Waals surface area contributed by atoms with Gasteiger partial charge in [0.1, 0.15) is 0 Å². The van der Waals surface area contributed by atoms with Crippen molar-refractivity contribution in [2.75, 3.05) is 0 Å². The highest BCUT2D eigenvalue weighted by atomic mass is 32.1. The van der Waals surface area contributed by atoms with Crippen LogP contribution in [0, 0.1) is 0 Å². The van der Waals surface area contributed by atoms with E-state index < -0.39 is 5.72 Å². The highest BCUT2D eigenvalue weighted by molar-refractivity contribution is 7.80. The first-order valence-corrected chi connectivity index (χ1v) is 4.72. The molecule has 1 unspecified atom stereocenters. The molecule has 0 fully saturated rings. The van der Waals surface area contributed by atoms with Crippen LogP contribution in [-0.2, 0) is 5.72 Å². The first-order valence-electron chi connectivity index (χ1n) is 4.31. The van der Waals surface area contributed by atoms with Crippen LogP contribution < -0.4 is 11.3 Å². The zero-order valence-corrected chi connectivity index (χ0v) is 8.61. The number of hydrogen-bond donors (Lipinski definition) is 3. The summed E-state index contributed by atoms with van der Waals surface area (Å²) < 4.78 is 0. The van der Waals surface area contributed by atoms with Gasteiger partial charge in [-0.2, -0.15) is 5.10 Å². The fraction of sp³-hybridized carbons (Fsp3) is 0.111. The molecular formula is C9H10N4OS. The molecule has 1 aromatic carbocycles. The number of nitrogens with zero attached hydrogens (tertiary/aromatic N) is 2. The summed E-state index contributed by atoms with van der Waals surface area (Å²) in [7, 11) is 0. The highest BCUT2D eigenvalue weighted by Gasteiger charge is 2.37. The van der Waals surface area contributed by atoms with Gasteiger partial charge in [0.15, 0.2) is 0 Å². The van der Waals surface area contributed by atoms with Crippen LogP contribution >= 0.6 is 12.2 Å². The third-order valence-corrected chi connectivity index (χ3v) is 2.48. The van der Waals surface area contributed by atoms with E-state index in [2.05, 4.69) is 10.5 Å². The van der Waals surface area contributed by atoms with Crippen molar-refractivity contribution in [3.8, 4) is 0 Å². The molecule has 0 amide bonds. The van der Waals surface area contributed by atoms with E-state index in [4.69, 9.17) is 18.1 Å². The second-order valence-corrected chi connectivity index (χ2v) is 3.52. The summed E-state index contributed by atoms with van der Waals surface area (Å²) >= 11 is 4.89. The zero-order valence-electron chi connectivity index (χ0n) is 7.79. The van der Waals surface area contributed by atoms with Gasteiger partial charge in [-0.15, -0.1) is 0 Å². The van der Waals surface area contributed by atoms with E-state index in [1.54, 1.807) is 24.3 Å². The molecule has 0 saturated heterocycles. The van der Waals surface area contributed by atoms with Crippen LogP contribution in [0.15, 0.2) is 35.4 Å². The molecule has 15 heavy (non-hydrogen) atoms. The molecule has 6 heteroatoms. The van der Waals surface area contributed by atoms with Gasteiger partial charge in [-0.1, -0.05) is 30.3 Å². The van der Waals surface area contributed by atoms with Crippen molar-refractivity contribution >= 4 is 23.5 Å². The minimum absolute atomic E-state index is 0.170. The van der Waals surface area contributed by atoms with E-state index in [9.17, 15) is 5.11 Å². The maximum absolute atomic E-state index is 10.3. The van der Waals surface area contributed by atoms with Gasteiger partial charge in [0.05, 0.1) is 6.21 Å². The fourth-order valence-corrected chi connectivity index (χ4v) is 1.54. The molecule has 1 atom stereocenters. The average molecular weight is 222 g/mol. The van der Waals surface area contributed by atoms with Crippen LogP contribution in [0.2, 0.25) is 0 Å². The van der Waals surface area contributed by atoms with Crippen molar-refractivity contribution in [3.05, 3.63) is 35.9 Å². The number of benzene rings is 1. The topological polar surface area (TPSA) is 73.9 Å². The van der Waals surface area contributed by atoms with Crippen molar-refractivity contribution in [3.63, 3.8) is 0 Å². The van der Waals surface area contributed by atoms with E-state index in [-0.39, 0.29) is 5.11 Å². The Hall–Kier alpha value is -1.50. The molecule has 2 rings (SSSR count). The molecule has 1 aliphatic heterocycles. The molecule has 0 saturated carbocycles. The summed E-state index contributed by atoms with van der Waals surface area (Å²) in [6.45, 7) is 0. The quantitative estimate of drug-likeness (QED) is 0.456. The molecule has 1 aliphatic rings. The number of nitrogens with one attached hydrogen (secondary N) is 1. The Morgan fingerprint density at radius 1 is 1.40 bits per heavy atom. The summed E-state index contributed by atoms with van der Waals surface area (Å²) in [6.07, 6.45) is 1.30. The van der Waals surface area contributed by atoms with Crippen molar-refractivity contribution in [1.29, 1.82) is 0 Å². The summed E-state index contributed by atoms with van der Waals surface area (Å²) in [6, 6.07) is 8.96. The summed E-state index contributed by atoms with van der Waals surface area (Å²) in [5.41, 5.74) is 1.63. The van der Waals surface area contributed by atoms with Crippen LogP contribution in [0.3, 0.4) is 0 Å². The van der Waals surface area contributed by atoms with Crippen LogP contribution in [0.1, 0.15) is 5.56 Å². The number of hydrogen-bond acceptors (Lipinski definition) is 4. The first kappa shape index (κ1) is 10.0. The molecule has 4 N–H and O–H groups in total. The molecule has 78 valence electrons. The van der Waals surface area contributed by atoms with Gasteiger partial charge in [0.25, 0.3) is 0 Å². The summed E-state index contributed by atoms with van der Waals surface area (Å²) in [5, 5.41) is 15.3. The molecular weight excluding hydrogens is 212 g/mol. The Labute approximate surface area is 92.2 Å². The minimum Gasteiger partial charge on any atom is -0.361 e. The van der Waals surface area contributed by atoms with E-state index in [1.165, 1.54) is 6.21 Å². The van der Waals surface area contributed by atoms with Crippen LogP contribution in [0.5, 0.6) is 0 Å². The summed E-state index contributed by atoms with van der Waals surface area (Å²) in [4.78, 5) is 0. The maximum Gasteiger partial charge on any atom is 0.218 e. The second-order valence-electron chi connectivity index (χ2n) is 3.14. The highest BCUT2D eigenvalue weighted by Crippen LogP contribution is 2.22. The van der Waals surface area contributed by atoms with Gasteiger partial charge >= 0.3 is 0 Å². The number of aliphatic hydroxyl groups is 1. The van der Waals surface area contributed by atoms with E-state index in [1.807, 2.05) is 6.07 Å². The molecule has 1 heterocycles. The van der Waals surface area contributed by atoms with Crippen molar-refractivity contribution in [2.24, 2.45) is 10.9 Å². The van der Waals surface area contributed by atoms with E-state index in [0.717, 1.165) is 5.01 Å². The Balaban J connectivity index is 2.46. The third kappa shape index (κ3) is 1.58. The second kappa shape index (κ2) is 3.58. The SMILES string of the molecule is NN1C(=S)NN=CC1(O)c1ccccc1. The lowest BCUT2D eigenvalue weighted by atomic mass is 10.0. The molecule has 0 spiro atoms. The number of hydrazine groups is 1. The Morgan fingerprint density at radius 3 is 2.73 bits per heavy atom. The molecule has 0 bridgehead atoms. The van der Waals surface area contributed by atoms with Crippen molar-refractivity contribution in [1.82, 2.24) is 10.4 Å². The predicted molar refractivity (Wildman–Crippen MR) is 60.6 cm³/mol.